The number of furan rings is 1. The van der Waals surface area contributed by atoms with Crippen LogP contribution in [-0.2, 0) is 6.61 Å². The van der Waals surface area contributed by atoms with Gasteiger partial charge in [0.1, 0.15) is 41.1 Å². The summed E-state index contributed by atoms with van der Waals surface area (Å²) >= 11 is 0. The van der Waals surface area contributed by atoms with Crippen LogP contribution in [-0.4, -0.2) is 5.97 Å². The van der Waals surface area contributed by atoms with Crippen molar-refractivity contribution < 1.29 is 23.4 Å². The minimum Gasteiger partial charge on any atom is -0.489 e. The first kappa shape index (κ1) is 26.7. The number of ether oxygens (including phenoxy) is 3. The molecule has 0 aliphatic carbocycles. The highest BCUT2D eigenvalue weighted by molar-refractivity contribution is 5.97. The molecule has 0 amide bonds. The van der Waals surface area contributed by atoms with E-state index in [4.69, 9.17) is 24.4 Å². The Morgan fingerprint density at radius 1 is 0.929 bits per heavy atom. The minimum atomic E-state index is -0.615. The van der Waals surface area contributed by atoms with Crippen LogP contribution in [0.15, 0.2) is 101 Å². The molecule has 0 saturated heterocycles. The maximum Gasteiger partial charge on any atom is 0.379 e. The lowest BCUT2D eigenvalue weighted by molar-refractivity contribution is 0.0702. The van der Waals surface area contributed by atoms with E-state index in [1.54, 1.807) is 18.2 Å². The summed E-state index contributed by atoms with van der Waals surface area (Å²) in [7, 11) is 0. The van der Waals surface area contributed by atoms with Crippen LogP contribution in [0.5, 0.6) is 17.2 Å². The van der Waals surface area contributed by atoms with Gasteiger partial charge in [-0.2, -0.15) is 5.26 Å². The zero-order valence-corrected chi connectivity index (χ0v) is 23.4. The minimum absolute atomic E-state index is 0.00653. The summed E-state index contributed by atoms with van der Waals surface area (Å²) in [5.41, 5.74) is 12.6. The lowest BCUT2D eigenvalue weighted by atomic mass is 9.83. The monoisotopic (exact) mass is 556 g/mol. The topological polar surface area (TPSA) is 108 Å². The number of fused-ring (bicyclic) bond motifs is 2. The number of allylic oxidation sites excluding steroid dienone is 1. The molecule has 1 unspecified atom stereocenters. The van der Waals surface area contributed by atoms with Gasteiger partial charge in [-0.1, -0.05) is 48.5 Å². The van der Waals surface area contributed by atoms with Gasteiger partial charge in [0.15, 0.2) is 0 Å². The van der Waals surface area contributed by atoms with Gasteiger partial charge in [-0.25, -0.2) is 4.79 Å². The van der Waals surface area contributed by atoms with Crippen molar-refractivity contribution in [3.05, 3.63) is 136 Å². The predicted molar refractivity (Wildman–Crippen MR) is 158 cm³/mol. The number of aryl methyl sites for hydroxylation is 3. The molecule has 208 valence electrons. The molecule has 1 aliphatic heterocycles. The van der Waals surface area contributed by atoms with E-state index in [-0.39, 0.29) is 23.0 Å². The van der Waals surface area contributed by atoms with Gasteiger partial charge in [0.05, 0.1) is 5.92 Å². The highest BCUT2D eigenvalue weighted by atomic mass is 16.5. The standard InChI is InChI=1S/C35H28N2O5/c1-20-14-28-22(3)33(41-30(28)15-21(20)2)35(38)40-26-12-13-27-31(17-26)42-34(37)29(18-36)32(27)24-10-7-11-25(16-24)39-19-23-8-5-4-6-9-23/h4-17,32H,19,37H2,1-3H3. The molecule has 0 radical (unpaired) electrons. The SMILES string of the molecule is Cc1cc2oc(C(=O)Oc3ccc4c(c3)OC(N)=C(C#N)C4c3cccc(OCc4ccccc4)c3)c(C)c2cc1C. The molecule has 7 nitrogen and oxygen atoms in total. The van der Waals surface area contributed by atoms with E-state index >= 15 is 0 Å². The quantitative estimate of drug-likeness (QED) is 0.172. The summed E-state index contributed by atoms with van der Waals surface area (Å²) in [5, 5.41) is 10.9. The Kier molecular flexibility index (Phi) is 6.89. The first-order chi connectivity index (χ1) is 20.3. The highest BCUT2D eigenvalue weighted by Gasteiger charge is 2.31. The Hall–Kier alpha value is -5.48. The second-order valence-electron chi connectivity index (χ2n) is 10.3. The number of nitriles is 1. The van der Waals surface area contributed by atoms with E-state index < -0.39 is 11.9 Å². The van der Waals surface area contributed by atoms with Gasteiger partial charge in [0.25, 0.3) is 0 Å². The van der Waals surface area contributed by atoms with Crippen LogP contribution in [0.2, 0.25) is 0 Å². The van der Waals surface area contributed by atoms with Crippen molar-refractivity contribution in [1.82, 2.24) is 0 Å². The molecule has 0 saturated carbocycles. The molecule has 0 bridgehead atoms. The third-order valence-corrected chi connectivity index (χ3v) is 7.58. The average molecular weight is 557 g/mol. The highest BCUT2D eigenvalue weighted by Crippen LogP contribution is 2.44. The fourth-order valence-corrected chi connectivity index (χ4v) is 5.19. The largest absolute Gasteiger partial charge is 0.489 e. The number of carbonyl (C=O) groups excluding carboxylic acids is 1. The van der Waals surface area contributed by atoms with E-state index in [1.807, 2.05) is 87.5 Å². The van der Waals surface area contributed by atoms with Crippen molar-refractivity contribution in [3.63, 3.8) is 0 Å². The van der Waals surface area contributed by atoms with Crippen molar-refractivity contribution in [2.45, 2.75) is 33.3 Å². The van der Waals surface area contributed by atoms with Gasteiger partial charge < -0.3 is 24.4 Å². The van der Waals surface area contributed by atoms with Gasteiger partial charge in [0.2, 0.25) is 11.6 Å². The zero-order valence-electron chi connectivity index (χ0n) is 23.4. The van der Waals surface area contributed by atoms with Gasteiger partial charge in [-0.05, 0) is 73.4 Å². The molecule has 0 spiro atoms. The van der Waals surface area contributed by atoms with Crippen LogP contribution >= 0.6 is 0 Å². The normalized spacial score (nSPS) is 14.2. The summed E-state index contributed by atoms with van der Waals surface area (Å²) in [5.74, 6) is 0.349. The van der Waals surface area contributed by atoms with Crippen LogP contribution in [0.4, 0.5) is 0 Å². The molecule has 7 heteroatoms. The van der Waals surface area contributed by atoms with Crippen molar-refractivity contribution in [1.29, 1.82) is 5.26 Å². The number of hydrogen-bond acceptors (Lipinski definition) is 7. The molecular weight excluding hydrogens is 528 g/mol. The van der Waals surface area contributed by atoms with Crippen molar-refractivity contribution in [2.75, 3.05) is 0 Å². The van der Waals surface area contributed by atoms with Crippen LogP contribution < -0.4 is 19.9 Å². The number of nitrogens with zero attached hydrogens (tertiary/aromatic N) is 1. The van der Waals surface area contributed by atoms with Crippen LogP contribution in [0.3, 0.4) is 0 Å². The molecule has 2 heterocycles. The van der Waals surface area contributed by atoms with Crippen molar-refractivity contribution in [3.8, 4) is 23.3 Å². The van der Waals surface area contributed by atoms with E-state index in [0.29, 0.717) is 34.8 Å². The molecule has 0 fully saturated rings. The fourth-order valence-electron chi connectivity index (χ4n) is 5.19. The molecule has 1 aliphatic rings. The second-order valence-corrected chi connectivity index (χ2v) is 10.3. The summed E-state index contributed by atoms with van der Waals surface area (Å²) < 4.78 is 23.5. The summed E-state index contributed by atoms with van der Waals surface area (Å²) in [6, 6.07) is 28.6. The van der Waals surface area contributed by atoms with Gasteiger partial charge >= 0.3 is 5.97 Å². The Labute approximate surface area is 243 Å². The second kappa shape index (κ2) is 10.8. The lowest BCUT2D eigenvalue weighted by Gasteiger charge is -2.27. The van der Waals surface area contributed by atoms with Gasteiger partial charge in [-0.3, -0.25) is 0 Å². The van der Waals surface area contributed by atoms with Gasteiger partial charge in [0, 0.05) is 22.6 Å². The number of carbonyl (C=O) groups is 1. The number of rotatable bonds is 6. The van der Waals surface area contributed by atoms with Gasteiger partial charge in [-0.15, -0.1) is 0 Å². The molecule has 1 atom stereocenters. The van der Waals surface area contributed by atoms with E-state index in [1.165, 1.54) is 0 Å². The molecule has 2 N–H and O–H groups in total. The maximum absolute atomic E-state index is 13.1. The Balaban J connectivity index is 1.28. The third-order valence-electron chi connectivity index (χ3n) is 7.58. The van der Waals surface area contributed by atoms with E-state index in [2.05, 4.69) is 6.07 Å². The van der Waals surface area contributed by atoms with Crippen LogP contribution in [0.1, 0.15) is 49.9 Å². The number of nitrogens with two attached hydrogens (primary N) is 1. The first-order valence-corrected chi connectivity index (χ1v) is 13.5. The Morgan fingerprint density at radius 3 is 2.50 bits per heavy atom. The molecule has 42 heavy (non-hydrogen) atoms. The fraction of sp³-hybridized carbons (Fsp3) is 0.143. The molecule has 6 rings (SSSR count). The van der Waals surface area contributed by atoms with Crippen LogP contribution in [0, 0.1) is 32.1 Å². The van der Waals surface area contributed by atoms with E-state index in [0.717, 1.165) is 27.6 Å². The van der Waals surface area contributed by atoms with Crippen molar-refractivity contribution in [2.24, 2.45) is 5.73 Å². The first-order valence-electron chi connectivity index (χ1n) is 13.5. The summed E-state index contributed by atoms with van der Waals surface area (Å²) in [4.78, 5) is 13.1. The predicted octanol–water partition coefficient (Wildman–Crippen LogP) is 7.37. The maximum atomic E-state index is 13.1. The zero-order chi connectivity index (χ0) is 29.4. The van der Waals surface area contributed by atoms with Crippen LogP contribution in [0.25, 0.3) is 11.0 Å². The summed E-state index contributed by atoms with van der Waals surface area (Å²) in [6.45, 7) is 6.27. The average Bonchev–Trinajstić information content (AvgIpc) is 3.31. The number of hydrogen-bond donors (Lipinski definition) is 1. The van der Waals surface area contributed by atoms with Crippen molar-refractivity contribution >= 4 is 16.9 Å². The Morgan fingerprint density at radius 2 is 1.71 bits per heavy atom. The van der Waals surface area contributed by atoms with E-state index in [9.17, 15) is 10.1 Å². The molecule has 1 aromatic heterocycles. The molecule has 5 aromatic rings. The molecule has 4 aromatic carbocycles. The number of esters is 1. The summed E-state index contributed by atoms with van der Waals surface area (Å²) in [6.07, 6.45) is 0. The Bertz CT molecular complexity index is 1910. The lowest BCUT2D eigenvalue weighted by Crippen LogP contribution is -2.21. The number of benzene rings is 4. The molecular formula is C35H28N2O5. The smallest absolute Gasteiger partial charge is 0.379 e. The third kappa shape index (κ3) is 4.95.